The maximum Gasteiger partial charge on any atom is 0.340 e. The Morgan fingerprint density at radius 1 is 1.50 bits per heavy atom. The summed E-state index contributed by atoms with van der Waals surface area (Å²) in [4.78, 5) is 21.6. The highest BCUT2D eigenvalue weighted by Gasteiger charge is 2.22. The third-order valence-corrected chi connectivity index (χ3v) is 2.92. The molecule has 1 aromatic carbocycles. The minimum atomic E-state index is -0.557. The number of nitrogen functional groups attached to an aromatic ring is 1. The molecule has 0 amide bonds. The van der Waals surface area contributed by atoms with E-state index in [1.165, 1.54) is 25.0 Å². The van der Waals surface area contributed by atoms with E-state index < -0.39 is 10.9 Å². The first-order chi connectivity index (χ1) is 8.58. The van der Waals surface area contributed by atoms with E-state index in [0.717, 1.165) is 12.5 Å². The van der Waals surface area contributed by atoms with Crippen molar-refractivity contribution in [1.29, 1.82) is 0 Å². The first kappa shape index (κ1) is 12.3. The van der Waals surface area contributed by atoms with Gasteiger partial charge in [0.15, 0.2) is 0 Å². The summed E-state index contributed by atoms with van der Waals surface area (Å²) in [5.41, 5.74) is 5.71. The number of hydrogen-bond acceptors (Lipinski definition) is 5. The summed E-state index contributed by atoms with van der Waals surface area (Å²) in [5.74, 6) is 0.162. The zero-order chi connectivity index (χ0) is 13.1. The molecule has 6 heteroatoms. The summed E-state index contributed by atoms with van der Waals surface area (Å²) in [6, 6.07) is 3.73. The van der Waals surface area contributed by atoms with E-state index in [-0.39, 0.29) is 16.9 Å². The second-order valence-electron chi connectivity index (χ2n) is 4.40. The van der Waals surface area contributed by atoms with Crippen molar-refractivity contribution in [3.8, 4) is 0 Å². The Labute approximate surface area is 104 Å². The zero-order valence-corrected chi connectivity index (χ0v) is 9.80. The van der Waals surface area contributed by atoms with E-state index in [2.05, 4.69) is 0 Å². The van der Waals surface area contributed by atoms with Crippen LogP contribution in [0.25, 0.3) is 0 Å². The molecular formula is C12H14N2O4. The van der Waals surface area contributed by atoms with Crippen molar-refractivity contribution >= 4 is 17.3 Å². The molecule has 0 aliphatic heterocycles. The van der Waals surface area contributed by atoms with E-state index in [4.69, 9.17) is 10.5 Å². The van der Waals surface area contributed by atoms with Crippen LogP contribution in [-0.2, 0) is 4.74 Å². The van der Waals surface area contributed by atoms with Gasteiger partial charge in [-0.2, -0.15) is 0 Å². The number of rotatable bonds is 5. The second kappa shape index (κ2) is 5.03. The van der Waals surface area contributed by atoms with Gasteiger partial charge in [0.2, 0.25) is 0 Å². The van der Waals surface area contributed by atoms with Gasteiger partial charge in [0.25, 0.3) is 5.69 Å². The molecule has 1 saturated carbocycles. The van der Waals surface area contributed by atoms with Crippen LogP contribution in [0, 0.1) is 16.0 Å². The predicted octanol–water partition coefficient (Wildman–Crippen LogP) is 2.13. The normalized spacial score (nSPS) is 14.2. The Bertz CT molecular complexity index is 483. The number of esters is 1. The van der Waals surface area contributed by atoms with Gasteiger partial charge in [-0.3, -0.25) is 10.1 Å². The Hall–Kier alpha value is -2.11. The van der Waals surface area contributed by atoms with Crippen molar-refractivity contribution in [2.24, 2.45) is 5.92 Å². The fourth-order valence-corrected chi connectivity index (χ4v) is 1.65. The lowest BCUT2D eigenvalue weighted by molar-refractivity contribution is -0.384. The van der Waals surface area contributed by atoms with Crippen LogP contribution in [0.3, 0.4) is 0 Å². The molecule has 0 bridgehead atoms. The fourth-order valence-electron chi connectivity index (χ4n) is 1.65. The van der Waals surface area contributed by atoms with Crippen LogP contribution in [-0.4, -0.2) is 17.5 Å². The van der Waals surface area contributed by atoms with E-state index in [1.54, 1.807) is 0 Å². The topological polar surface area (TPSA) is 95.5 Å². The van der Waals surface area contributed by atoms with Crippen molar-refractivity contribution in [3.05, 3.63) is 33.9 Å². The summed E-state index contributed by atoms with van der Waals surface area (Å²) < 4.78 is 5.07. The molecule has 1 aliphatic carbocycles. The third kappa shape index (κ3) is 2.97. The highest BCUT2D eigenvalue weighted by atomic mass is 16.6. The molecule has 0 saturated heterocycles. The zero-order valence-electron chi connectivity index (χ0n) is 9.80. The quantitative estimate of drug-likeness (QED) is 0.374. The van der Waals surface area contributed by atoms with Crippen molar-refractivity contribution in [2.75, 3.05) is 12.3 Å². The highest BCUT2D eigenvalue weighted by molar-refractivity contribution is 5.95. The molecule has 0 atom stereocenters. The van der Waals surface area contributed by atoms with Crippen LogP contribution in [0.5, 0.6) is 0 Å². The summed E-state index contributed by atoms with van der Waals surface area (Å²) in [7, 11) is 0. The van der Waals surface area contributed by atoms with Gasteiger partial charge in [0, 0.05) is 12.1 Å². The monoisotopic (exact) mass is 250 g/mol. The minimum absolute atomic E-state index is 0.0700. The van der Waals surface area contributed by atoms with Crippen LogP contribution >= 0.6 is 0 Å². The summed E-state index contributed by atoms with van der Waals surface area (Å²) >= 11 is 0. The Balaban J connectivity index is 1.98. The Morgan fingerprint density at radius 2 is 2.22 bits per heavy atom. The largest absolute Gasteiger partial charge is 0.462 e. The smallest absolute Gasteiger partial charge is 0.340 e. The molecule has 1 fully saturated rings. The van der Waals surface area contributed by atoms with Gasteiger partial charge in [-0.1, -0.05) is 12.8 Å². The molecule has 1 aromatic rings. The maximum atomic E-state index is 11.7. The lowest BCUT2D eigenvalue weighted by atomic mass is 10.1. The van der Waals surface area contributed by atoms with E-state index in [1.807, 2.05) is 0 Å². The number of anilines is 1. The van der Waals surface area contributed by atoms with E-state index in [9.17, 15) is 14.9 Å². The molecule has 1 aliphatic rings. The van der Waals surface area contributed by atoms with Crippen LogP contribution in [0.4, 0.5) is 11.4 Å². The van der Waals surface area contributed by atoms with Crippen LogP contribution < -0.4 is 5.73 Å². The van der Waals surface area contributed by atoms with Crippen LogP contribution in [0.15, 0.2) is 18.2 Å². The van der Waals surface area contributed by atoms with Gasteiger partial charge in [0.1, 0.15) is 0 Å². The summed E-state index contributed by atoms with van der Waals surface area (Å²) in [6.45, 7) is 0.375. The second-order valence-corrected chi connectivity index (χ2v) is 4.40. The minimum Gasteiger partial charge on any atom is -0.462 e. The highest BCUT2D eigenvalue weighted by Crippen LogP contribution is 2.32. The first-order valence-corrected chi connectivity index (χ1v) is 5.79. The summed E-state index contributed by atoms with van der Waals surface area (Å²) in [6.07, 6.45) is 3.28. The first-order valence-electron chi connectivity index (χ1n) is 5.79. The molecule has 0 radical (unpaired) electrons. The van der Waals surface area contributed by atoms with Gasteiger partial charge in [0.05, 0.1) is 22.8 Å². The predicted molar refractivity (Wildman–Crippen MR) is 65.1 cm³/mol. The van der Waals surface area contributed by atoms with E-state index in [0.29, 0.717) is 12.5 Å². The van der Waals surface area contributed by atoms with Crippen LogP contribution in [0.1, 0.15) is 29.6 Å². The van der Waals surface area contributed by atoms with Gasteiger partial charge < -0.3 is 10.5 Å². The number of nitrogens with two attached hydrogens (primary N) is 1. The molecular weight excluding hydrogens is 236 g/mol. The molecule has 2 N–H and O–H groups in total. The molecule has 0 spiro atoms. The van der Waals surface area contributed by atoms with Gasteiger partial charge >= 0.3 is 5.97 Å². The summed E-state index contributed by atoms with van der Waals surface area (Å²) in [5, 5.41) is 10.5. The van der Waals surface area contributed by atoms with Gasteiger partial charge in [-0.25, -0.2) is 4.79 Å². The molecule has 0 heterocycles. The lowest BCUT2D eigenvalue weighted by Crippen LogP contribution is -2.09. The molecule has 0 aromatic heterocycles. The molecule has 2 rings (SSSR count). The standard InChI is InChI=1S/C12H14N2O4/c13-11-7-9(14(16)17)3-4-10(11)12(15)18-6-5-8-1-2-8/h3-4,7-8H,1-2,5-6,13H2. The van der Waals surface area contributed by atoms with Crippen LogP contribution in [0.2, 0.25) is 0 Å². The number of non-ortho nitro benzene ring substituents is 1. The third-order valence-electron chi connectivity index (χ3n) is 2.92. The molecule has 18 heavy (non-hydrogen) atoms. The number of benzene rings is 1. The number of nitrogens with zero attached hydrogens (tertiary/aromatic N) is 1. The molecule has 96 valence electrons. The molecule has 6 nitrogen and oxygen atoms in total. The van der Waals surface area contributed by atoms with Gasteiger partial charge in [-0.05, 0) is 18.4 Å². The number of nitro groups is 1. The number of ether oxygens (including phenoxy) is 1. The lowest BCUT2D eigenvalue weighted by Gasteiger charge is -2.06. The fraction of sp³-hybridized carbons (Fsp3) is 0.417. The van der Waals surface area contributed by atoms with Crippen molar-refractivity contribution < 1.29 is 14.5 Å². The average Bonchev–Trinajstić information content (AvgIpc) is 3.12. The van der Waals surface area contributed by atoms with Crippen molar-refractivity contribution in [2.45, 2.75) is 19.3 Å². The SMILES string of the molecule is Nc1cc([N+](=O)[O-])ccc1C(=O)OCCC1CC1. The van der Waals surface area contributed by atoms with Crippen molar-refractivity contribution in [1.82, 2.24) is 0 Å². The average molecular weight is 250 g/mol. The Kier molecular flexibility index (Phi) is 3.45. The Morgan fingerprint density at radius 3 is 2.78 bits per heavy atom. The molecule has 0 unspecified atom stereocenters. The number of carbonyl (C=O) groups is 1. The number of carbonyl (C=O) groups excluding carboxylic acids is 1. The number of hydrogen-bond donors (Lipinski definition) is 1. The van der Waals surface area contributed by atoms with E-state index >= 15 is 0 Å². The van der Waals surface area contributed by atoms with Crippen molar-refractivity contribution in [3.63, 3.8) is 0 Å². The maximum absolute atomic E-state index is 11.7. The number of nitro benzene ring substituents is 1. The van der Waals surface area contributed by atoms with Gasteiger partial charge in [-0.15, -0.1) is 0 Å².